The molecule has 0 amide bonds. The number of ether oxygens (including phenoxy) is 2. The predicted molar refractivity (Wildman–Crippen MR) is 265 cm³/mol. The molecule has 0 fully saturated rings. The van der Waals surface area contributed by atoms with Gasteiger partial charge < -0.3 is 14.0 Å². The molecule has 0 aliphatic rings. The molecule has 10 aromatic rings. The summed E-state index contributed by atoms with van der Waals surface area (Å²) >= 11 is 0. The largest absolute Gasteiger partial charge is 0.465 e. The number of nitrogens with zero attached hydrogens (tertiary/aromatic N) is 1. The van der Waals surface area contributed by atoms with Crippen LogP contribution in [0.25, 0.3) is 59.8 Å². The Balaban J connectivity index is 0.000000144. The molecule has 310 valence electrons. The van der Waals surface area contributed by atoms with E-state index in [1.807, 2.05) is 45.9 Å². The first kappa shape index (κ1) is 44.1. The normalized spacial score (nSPS) is 11.3. The second-order valence-corrected chi connectivity index (χ2v) is 15.4. The Kier molecular flexibility index (Phi) is 15.7. The third-order valence-electron chi connectivity index (χ3n) is 10.7. The molecule has 61 heavy (non-hydrogen) atoms. The van der Waals surface area contributed by atoms with Crippen LogP contribution in [0.1, 0.15) is 78.4 Å². The molecule has 3 heteroatoms. The third-order valence-corrected chi connectivity index (χ3v) is 10.7. The fourth-order valence-electron chi connectivity index (χ4n) is 7.71. The lowest BCUT2D eigenvalue weighted by molar-refractivity contribution is -0.0604. The zero-order valence-corrected chi connectivity index (χ0v) is 37.2. The molecule has 0 N–H and O–H groups in total. The molecule has 1 atom stereocenters. The highest BCUT2D eigenvalue weighted by atomic mass is 16.7. The lowest BCUT2D eigenvalue weighted by Crippen LogP contribution is -2.16. The number of fused-ring (bicyclic) bond motifs is 3. The van der Waals surface area contributed by atoms with Gasteiger partial charge in [0.05, 0.1) is 11.0 Å². The number of hydrogen-bond acceptors (Lipinski definition) is 2. The van der Waals surface area contributed by atoms with E-state index in [4.69, 9.17) is 9.47 Å². The summed E-state index contributed by atoms with van der Waals surface area (Å²) in [5.74, 6) is 2.20. The number of para-hydroxylation sites is 3. The van der Waals surface area contributed by atoms with Gasteiger partial charge in [0.15, 0.2) is 6.29 Å². The van der Waals surface area contributed by atoms with E-state index < -0.39 is 0 Å². The molecular formula is C58H61NO2. The Morgan fingerprint density at radius 3 is 1.31 bits per heavy atom. The average Bonchev–Trinajstić information content (AvgIpc) is 3.65. The van der Waals surface area contributed by atoms with E-state index in [1.54, 1.807) is 0 Å². The summed E-state index contributed by atoms with van der Waals surface area (Å²) in [7, 11) is 0. The summed E-state index contributed by atoms with van der Waals surface area (Å²) in [6.45, 7) is 17.4. The molecule has 0 radical (unpaired) electrons. The minimum absolute atomic E-state index is 0.247. The molecule has 0 bridgehead atoms. The molecule has 1 unspecified atom stereocenters. The van der Waals surface area contributed by atoms with Crippen LogP contribution in [0, 0.1) is 0 Å². The second-order valence-electron chi connectivity index (χ2n) is 15.4. The molecule has 0 aliphatic heterocycles. The Labute approximate surface area is 363 Å². The predicted octanol–water partition coefficient (Wildman–Crippen LogP) is 16.8. The van der Waals surface area contributed by atoms with Crippen molar-refractivity contribution in [1.82, 2.24) is 4.57 Å². The van der Waals surface area contributed by atoms with Crippen molar-refractivity contribution in [3.05, 3.63) is 205 Å². The van der Waals surface area contributed by atoms with Crippen molar-refractivity contribution in [3.63, 3.8) is 0 Å². The van der Waals surface area contributed by atoms with E-state index in [1.165, 1.54) is 65.6 Å². The standard InChI is InChI=1S/C20H18O2.C18H13N.2C9H12.C2H6/c1-3-21-13(2)22-18-12-10-16-8-7-14-5-4-6-15-9-11-17(18)20(16)19(14)15;1-2-8-14(9-3-1)19-17-12-6-4-10-15(17)16-11-5-7-13-18(16)19;2*1-8(2)9-6-4-3-5-7-9;1-2/h4-13H,3H2,1-2H3;1-13H;2*3-8H,1-2H3;1-2H3. The zero-order valence-electron chi connectivity index (χ0n) is 37.2. The fraction of sp³-hybridized carbons (Fsp3) is 0.207. The smallest absolute Gasteiger partial charge is 0.196 e. The maximum Gasteiger partial charge on any atom is 0.196 e. The number of rotatable bonds is 7. The van der Waals surface area contributed by atoms with Gasteiger partial charge in [-0.1, -0.05) is 199 Å². The third kappa shape index (κ3) is 10.7. The van der Waals surface area contributed by atoms with E-state index in [-0.39, 0.29) is 6.29 Å². The summed E-state index contributed by atoms with van der Waals surface area (Å²) < 4.78 is 13.8. The molecule has 3 nitrogen and oxygen atoms in total. The summed E-state index contributed by atoms with van der Waals surface area (Å²) in [6, 6.07) is 68.0. The zero-order chi connectivity index (χ0) is 43.1. The lowest BCUT2D eigenvalue weighted by Gasteiger charge is -2.18. The molecule has 0 spiro atoms. The molecule has 9 aromatic carbocycles. The van der Waals surface area contributed by atoms with Gasteiger partial charge in [-0.15, -0.1) is 0 Å². The van der Waals surface area contributed by atoms with Crippen LogP contribution in [0.4, 0.5) is 0 Å². The number of benzene rings is 9. The van der Waals surface area contributed by atoms with Crippen molar-refractivity contribution in [1.29, 1.82) is 0 Å². The first-order valence-electron chi connectivity index (χ1n) is 21.9. The number of aromatic nitrogens is 1. The van der Waals surface area contributed by atoms with Crippen molar-refractivity contribution in [2.75, 3.05) is 6.61 Å². The van der Waals surface area contributed by atoms with E-state index >= 15 is 0 Å². The average molecular weight is 804 g/mol. The highest BCUT2D eigenvalue weighted by molar-refractivity contribution is 6.24. The molecule has 1 heterocycles. The number of hydrogen-bond donors (Lipinski definition) is 0. The molecule has 0 saturated carbocycles. The van der Waals surface area contributed by atoms with Gasteiger partial charge in [0.2, 0.25) is 0 Å². The van der Waals surface area contributed by atoms with Crippen LogP contribution in [-0.2, 0) is 4.74 Å². The second kappa shape index (κ2) is 21.7. The van der Waals surface area contributed by atoms with Crippen molar-refractivity contribution in [2.45, 2.75) is 73.5 Å². The van der Waals surface area contributed by atoms with Crippen LogP contribution in [0.15, 0.2) is 194 Å². The van der Waals surface area contributed by atoms with Crippen LogP contribution >= 0.6 is 0 Å². The van der Waals surface area contributed by atoms with Crippen molar-refractivity contribution in [3.8, 4) is 11.4 Å². The highest BCUT2D eigenvalue weighted by Crippen LogP contribution is 2.39. The van der Waals surface area contributed by atoms with Crippen molar-refractivity contribution >= 4 is 54.1 Å². The van der Waals surface area contributed by atoms with Gasteiger partial charge in [-0.05, 0) is 94.8 Å². The monoisotopic (exact) mass is 803 g/mol. The quantitative estimate of drug-likeness (QED) is 0.118. The maximum atomic E-state index is 5.99. The van der Waals surface area contributed by atoms with Crippen molar-refractivity contribution < 1.29 is 9.47 Å². The fourth-order valence-corrected chi connectivity index (χ4v) is 7.71. The van der Waals surface area contributed by atoms with Crippen LogP contribution in [-0.4, -0.2) is 17.5 Å². The molecule has 0 saturated heterocycles. The van der Waals surface area contributed by atoms with Gasteiger partial charge in [0, 0.05) is 33.8 Å². The lowest BCUT2D eigenvalue weighted by atomic mass is 9.94. The van der Waals surface area contributed by atoms with Crippen molar-refractivity contribution in [2.24, 2.45) is 0 Å². The van der Waals surface area contributed by atoms with Gasteiger partial charge in [0.25, 0.3) is 0 Å². The molecule has 0 aliphatic carbocycles. The van der Waals surface area contributed by atoms with Crippen LogP contribution < -0.4 is 4.74 Å². The minimum Gasteiger partial charge on any atom is -0.465 e. The Morgan fingerprint density at radius 2 is 0.836 bits per heavy atom. The first-order chi connectivity index (χ1) is 29.8. The van der Waals surface area contributed by atoms with E-state index in [9.17, 15) is 0 Å². The van der Waals surface area contributed by atoms with E-state index in [0.29, 0.717) is 18.4 Å². The van der Waals surface area contributed by atoms with Crippen LogP contribution in [0.5, 0.6) is 5.75 Å². The SMILES string of the molecule is CC.CC(C)c1ccccc1.CC(C)c1ccccc1.CCOC(C)Oc1ccc2ccc3cccc4ccc1c2c34.c1ccc(-n2c3ccccc3c3ccccc32)cc1. The summed E-state index contributed by atoms with van der Waals surface area (Å²) in [5.41, 5.74) is 6.56. The Hall–Kier alpha value is -6.42. The Bertz CT molecular complexity index is 2710. The van der Waals surface area contributed by atoms with Crippen LogP contribution in [0.2, 0.25) is 0 Å². The summed E-state index contributed by atoms with van der Waals surface area (Å²) in [4.78, 5) is 0. The highest BCUT2D eigenvalue weighted by Gasteiger charge is 2.13. The van der Waals surface area contributed by atoms with Gasteiger partial charge in [-0.2, -0.15) is 0 Å². The van der Waals surface area contributed by atoms with Crippen LogP contribution in [0.3, 0.4) is 0 Å². The van der Waals surface area contributed by atoms with E-state index in [0.717, 1.165) is 11.1 Å². The molecule has 10 rings (SSSR count). The minimum atomic E-state index is -0.247. The van der Waals surface area contributed by atoms with Gasteiger partial charge in [0.1, 0.15) is 5.75 Å². The van der Waals surface area contributed by atoms with E-state index in [2.05, 4.69) is 208 Å². The molecular weight excluding hydrogens is 743 g/mol. The van der Waals surface area contributed by atoms with Gasteiger partial charge in [-0.25, -0.2) is 0 Å². The first-order valence-corrected chi connectivity index (χ1v) is 21.9. The summed E-state index contributed by atoms with van der Waals surface area (Å²) in [5, 5.41) is 10.1. The summed E-state index contributed by atoms with van der Waals surface area (Å²) in [6.07, 6.45) is -0.247. The topological polar surface area (TPSA) is 23.4 Å². The van der Waals surface area contributed by atoms with Gasteiger partial charge >= 0.3 is 0 Å². The molecule has 1 aromatic heterocycles. The van der Waals surface area contributed by atoms with Gasteiger partial charge in [-0.3, -0.25) is 0 Å². The maximum absolute atomic E-state index is 5.99. The Morgan fingerprint density at radius 1 is 0.410 bits per heavy atom.